The molecule has 2 fully saturated rings. The summed E-state index contributed by atoms with van der Waals surface area (Å²) in [5.41, 5.74) is 2.29. The molecule has 6 heteroatoms. The number of carbonyl (C=O) groups excluding carboxylic acids is 1. The predicted octanol–water partition coefficient (Wildman–Crippen LogP) is 3.65. The predicted molar refractivity (Wildman–Crippen MR) is 111 cm³/mol. The highest BCUT2D eigenvalue weighted by Crippen LogP contribution is 2.38. The molecule has 2 aliphatic heterocycles. The maximum atomic E-state index is 13.6. The fourth-order valence-corrected chi connectivity index (χ4v) is 5.33. The lowest BCUT2D eigenvalue weighted by molar-refractivity contribution is -0.138. The first kappa shape index (κ1) is 19.5. The summed E-state index contributed by atoms with van der Waals surface area (Å²) in [5, 5.41) is 1.15. The average Bonchev–Trinajstić information content (AvgIpc) is 3.15. The van der Waals surface area contributed by atoms with E-state index in [-0.39, 0.29) is 17.9 Å². The molecular formula is C21H29Cl2N3O. The third-order valence-corrected chi connectivity index (χ3v) is 7.15. The molecule has 2 unspecified atom stereocenters. The van der Waals surface area contributed by atoms with Crippen LogP contribution < -0.4 is 0 Å². The summed E-state index contributed by atoms with van der Waals surface area (Å²) in [6.07, 6.45) is 5.49. The van der Waals surface area contributed by atoms with Crippen molar-refractivity contribution in [1.82, 2.24) is 14.7 Å². The van der Waals surface area contributed by atoms with Gasteiger partial charge in [-0.1, -0.05) is 23.2 Å². The van der Waals surface area contributed by atoms with Crippen molar-refractivity contribution in [2.24, 2.45) is 0 Å². The van der Waals surface area contributed by atoms with Gasteiger partial charge in [0, 0.05) is 26.2 Å². The number of likely N-dealkylation sites (tertiary alicyclic amines) is 1. The van der Waals surface area contributed by atoms with E-state index in [4.69, 9.17) is 23.2 Å². The molecule has 1 aliphatic carbocycles. The number of amides is 1. The highest BCUT2D eigenvalue weighted by atomic mass is 35.5. The van der Waals surface area contributed by atoms with Crippen LogP contribution in [0.15, 0.2) is 12.1 Å². The van der Waals surface area contributed by atoms with Gasteiger partial charge in [0.2, 0.25) is 5.91 Å². The largest absolute Gasteiger partial charge is 0.335 e. The van der Waals surface area contributed by atoms with Crippen molar-refractivity contribution in [2.45, 2.75) is 44.1 Å². The normalized spacial score (nSPS) is 27.0. The smallest absolute Gasteiger partial charge is 0.230 e. The Labute approximate surface area is 172 Å². The number of benzene rings is 1. The Balaban J connectivity index is 1.56. The van der Waals surface area contributed by atoms with E-state index >= 15 is 0 Å². The summed E-state index contributed by atoms with van der Waals surface area (Å²) in [4.78, 5) is 20.7. The van der Waals surface area contributed by atoms with Crippen LogP contribution in [0.4, 0.5) is 0 Å². The monoisotopic (exact) mass is 409 g/mol. The number of nitrogens with zero attached hydrogens (tertiary/aromatic N) is 3. The summed E-state index contributed by atoms with van der Waals surface area (Å²) in [5.74, 6) is 0.208. The molecule has 4 rings (SSSR count). The van der Waals surface area contributed by atoms with Gasteiger partial charge in [0.1, 0.15) is 0 Å². The number of hydrogen-bond acceptors (Lipinski definition) is 3. The summed E-state index contributed by atoms with van der Waals surface area (Å²) in [6, 6.07) is 4.18. The lowest BCUT2D eigenvalue weighted by Gasteiger charge is -2.43. The summed E-state index contributed by atoms with van der Waals surface area (Å²) in [7, 11) is 2.16. The zero-order valence-corrected chi connectivity index (χ0v) is 17.6. The Kier molecular flexibility index (Phi) is 5.98. The second kappa shape index (κ2) is 8.28. The van der Waals surface area contributed by atoms with Gasteiger partial charge in [0.05, 0.1) is 22.0 Å². The minimum absolute atomic E-state index is 0.0759. The van der Waals surface area contributed by atoms with Crippen LogP contribution in [0.1, 0.15) is 42.7 Å². The number of halogens is 2. The van der Waals surface area contributed by atoms with Gasteiger partial charge in [-0.25, -0.2) is 0 Å². The molecule has 0 aromatic heterocycles. The van der Waals surface area contributed by atoms with Gasteiger partial charge in [-0.2, -0.15) is 0 Å². The molecule has 1 aromatic carbocycles. The molecule has 2 atom stereocenters. The van der Waals surface area contributed by atoms with Gasteiger partial charge in [-0.05, 0) is 75.5 Å². The zero-order chi connectivity index (χ0) is 19.0. The van der Waals surface area contributed by atoms with Crippen LogP contribution in [0.25, 0.3) is 0 Å². The molecule has 0 spiro atoms. The minimum Gasteiger partial charge on any atom is -0.335 e. The third kappa shape index (κ3) is 4.14. The lowest BCUT2D eigenvalue weighted by atomic mass is 9.81. The van der Waals surface area contributed by atoms with Crippen molar-refractivity contribution in [3.8, 4) is 0 Å². The number of piperazine rings is 1. The fraction of sp³-hybridized carbons (Fsp3) is 0.667. The van der Waals surface area contributed by atoms with Gasteiger partial charge in [-0.3, -0.25) is 4.79 Å². The van der Waals surface area contributed by atoms with E-state index in [0.29, 0.717) is 10.0 Å². The Morgan fingerprint density at radius 2 is 1.81 bits per heavy atom. The number of aryl methyl sites for hydroxylation is 1. The first-order chi connectivity index (χ1) is 13.0. The molecule has 1 amide bonds. The Hall–Kier alpha value is -0.810. The van der Waals surface area contributed by atoms with E-state index < -0.39 is 0 Å². The van der Waals surface area contributed by atoms with Gasteiger partial charge in [-0.15, -0.1) is 0 Å². The highest BCUT2D eigenvalue weighted by molar-refractivity contribution is 6.42. The van der Waals surface area contributed by atoms with Crippen LogP contribution in [-0.2, 0) is 11.2 Å². The van der Waals surface area contributed by atoms with E-state index in [9.17, 15) is 4.79 Å². The molecule has 2 heterocycles. The molecule has 148 valence electrons. The van der Waals surface area contributed by atoms with Gasteiger partial charge < -0.3 is 14.7 Å². The van der Waals surface area contributed by atoms with Crippen molar-refractivity contribution in [1.29, 1.82) is 0 Å². The second-order valence-electron chi connectivity index (χ2n) is 8.37. The van der Waals surface area contributed by atoms with Crippen LogP contribution >= 0.6 is 23.2 Å². The maximum Gasteiger partial charge on any atom is 0.230 e. The van der Waals surface area contributed by atoms with E-state index in [0.717, 1.165) is 51.0 Å². The number of likely N-dealkylation sites (N-methyl/N-ethyl adjacent to an activating group) is 1. The molecule has 0 radical (unpaired) electrons. The van der Waals surface area contributed by atoms with E-state index in [2.05, 4.69) is 21.7 Å². The summed E-state index contributed by atoms with van der Waals surface area (Å²) < 4.78 is 0. The van der Waals surface area contributed by atoms with Gasteiger partial charge >= 0.3 is 0 Å². The average molecular weight is 410 g/mol. The lowest BCUT2D eigenvalue weighted by Crippen LogP contribution is -2.58. The zero-order valence-electron chi connectivity index (χ0n) is 16.1. The molecule has 27 heavy (non-hydrogen) atoms. The molecule has 0 saturated carbocycles. The Morgan fingerprint density at radius 3 is 2.59 bits per heavy atom. The van der Waals surface area contributed by atoms with Gasteiger partial charge in [0.25, 0.3) is 0 Å². The number of carbonyl (C=O) groups is 1. The first-order valence-electron chi connectivity index (χ1n) is 10.2. The van der Waals surface area contributed by atoms with Crippen LogP contribution in [-0.4, -0.2) is 73.0 Å². The number of rotatable bonds is 3. The second-order valence-corrected chi connectivity index (χ2v) is 9.18. The van der Waals surface area contributed by atoms with Gasteiger partial charge in [0.15, 0.2) is 0 Å². The molecule has 4 nitrogen and oxygen atoms in total. The minimum atomic E-state index is -0.0759. The van der Waals surface area contributed by atoms with Crippen molar-refractivity contribution in [3.05, 3.63) is 33.3 Å². The van der Waals surface area contributed by atoms with E-state index in [1.54, 1.807) is 0 Å². The molecule has 2 saturated heterocycles. The SMILES string of the molecule is CN1CCN(C(=O)C2CCCc3cc(Cl)c(Cl)cc32)C(CN2CCCC2)C1. The third-order valence-electron chi connectivity index (χ3n) is 6.43. The molecule has 1 aromatic rings. The quantitative estimate of drug-likeness (QED) is 0.761. The number of hydrogen-bond donors (Lipinski definition) is 0. The van der Waals surface area contributed by atoms with Crippen molar-refractivity contribution in [2.75, 3.05) is 46.3 Å². The molecule has 0 bridgehead atoms. The number of fused-ring (bicyclic) bond motifs is 1. The topological polar surface area (TPSA) is 26.8 Å². The van der Waals surface area contributed by atoms with Crippen LogP contribution in [0.3, 0.4) is 0 Å². The van der Waals surface area contributed by atoms with Crippen LogP contribution in [0.2, 0.25) is 10.0 Å². The van der Waals surface area contributed by atoms with E-state index in [1.165, 1.54) is 31.5 Å². The Morgan fingerprint density at radius 1 is 1.07 bits per heavy atom. The fourth-order valence-electron chi connectivity index (χ4n) is 4.97. The molecule has 0 N–H and O–H groups in total. The Bertz CT molecular complexity index is 705. The molecule has 3 aliphatic rings. The standard InChI is InChI=1S/C21H29Cl2N3O/c1-24-9-10-26(16(13-24)14-25-7-2-3-8-25)21(27)17-6-4-5-15-11-19(22)20(23)12-18(15)17/h11-12,16-17H,2-10,13-14H2,1H3. The van der Waals surface area contributed by atoms with Crippen molar-refractivity contribution < 1.29 is 4.79 Å². The maximum absolute atomic E-state index is 13.6. The van der Waals surface area contributed by atoms with E-state index in [1.807, 2.05) is 12.1 Å². The first-order valence-corrected chi connectivity index (χ1v) is 11.0. The van der Waals surface area contributed by atoms with Crippen molar-refractivity contribution in [3.63, 3.8) is 0 Å². The summed E-state index contributed by atoms with van der Waals surface area (Å²) in [6.45, 7) is 6.07. The molecular weight excluding hydrogens is 381 g/mol. The highest BCUT2D eigenvalue weighted by Gasteiger charge is 2.36. The van der Waals surface area contributed by atoms with Crippen LogP contribution in [0, 0.1) is 0 Å². The summed E-state index contributed by atoms with van der Waals surface area (Å²) >= 11 is 12.5. The van der Waals surface area contributed by atoms with Crippen LogP contribution in [0.5, 0.6) is 0 Å². The van der Waals surface area contributed by atoms with Crippen molar-refractivity contribution >= 4 is 29.1 Å².